The number of rotatable bonds is 4. The topological polar surface area (TPSA) is 48.0 Å². The van der Waals surface area contributed by atoms with Crippen LogP contribution in [0, 0.1) is 17.6 Å². The van der Waals surface area contributed by atoms with E-state index in [0.717, 1.165) is 0 Å². The van der Waals surface area contributed by atoms with Crippen LogP contribution in [0.25, 0.3) is 0 Å². The number of esters is 1. The molecule has 3 rings (SSSR count). The number of ether oxygens (including phenoxy) is 1. The summed E-state index contributed by atoms with van der Waals surface area (Å²) in [6.07, 6.45) is 0.940. The van der Waals surface area contributed by atoms with Gasteiger partial charge < -0.3 is 18.9 Å². The normalized spacial score (nSPS) is 23.7. The summed E-state index contributed by atoms with van der Waals surface area (Å²) in [6.45, 7) is 8.46. The molecular weight excluding hydrogens is 355 g/mol. The van der Waals surface area contributed by atoms with Crippen molar-refractivity contribution in [3.63, 3.8) is 0 Å². The molecule has 8 heteroatoms. The Morgan fingerprint density at radius 3 is 2.30 bits per heavy atom. The Morgan fingerprint density at radius 2 is 1.78 bits per heavy atom. The number of halogens is 2. The van der Waals surface area contributed by atoms with E-state index in [1.807, 2.05) is 27.7 Å². The van der Waals surface area contributed by atoms with Gasteiger partial charge in [0.25, 0.3) is 0 Å². The highest BCUT2D eigenvalue weighted by Crippen LogP contribution is 2.37. The highest BCUT2D eigenvalue weighted by atomic mass is 19.1. The second-order valence-electron chi connectivity index (χ2n) is 8.30. The van der Waals surface area contributed by atoms with Crippen LogP contribution in [0.15, 0.2) is 12.1 Å². The van der Waals surface area contributed by atoms with E-state index < -0.39 is 30.0 Å². The first-order valence-corrected chi connectivity index (χ1v) is 9.20. The maximum Gasteiger partial charge on any atom is 0.495 e. The van der Waals surface area contributed by atoms with Gasteiger partial charge in [-0.2, -0.15) is 0 Å². The van der Waals surface area contributed by atoms with E-state index in [4.69, 9.17) is 9.31 Å². The fourth-order valence-electron chi connectivity index (χ4n) is 3.52. The monoisotopic (exact) mass is 381 g/mol. The van der Waals surface area contributed by atoms with E-state index in [2.05, 4.69) is 4.74 Å². The standard InChI is InChI=1S/C19H26BF2NO4/c1-18(2)19(3,4)27-20(26-18)13-9-14(21)17(15(22)10-13)23-7-6-12(11-23)8-16(24)25-5/h9-10,12H,6-8,11H2,1-5H3. The van der Waals surface area contributed by atoms with Gasteiger partial charge in [0.05, 0.1) is 24.7 Å². The van der Waals surface area contributed by atoms with Gasteiger partial charge in [-0.1, -0.05) is 0 Å². The van der Waals surface area contributed by atoms with Crippen LogP contribution in [0.1, 0.15) is 40.5 Å². The summed E-state index contributed by atoms with van der Waals surface area (Å²) >= 11 is 0. The molecule has 0 bridgehead atoms. The Morgan fingerprint density at radius 1 is 1.22 bits per heavy atom. The smallest absolute Gasteiger partial charge is 0.469 e. The van der Waals surface area contributed by atoms with Crippen LogP contribution in [0.3, 0.4) is 0 Å². The Bertz CT molecular complexity index is 701. The van der Waals surface area contributed by atoms with Gasteiger partial charge in [-0.25, -0.2) is 8.78 Å². The van der Waals surface area contributed by atoms with Crippen LogP contribution < -0.4 is 10.4 Å². The van der Waals surface area contributed by atoms with Crippen LogP contribution in [0.4, 0.5) is 14.5 Å². The summed E-state index contributed by atoms with van der Waals surface area (Å²) in [7, 11) is 0.516. The van der Waals surface area contributed by atoms with E-state index in [1.54, 1.807) is 4.90 Å². The third kappa shape index (κ3) is 3.83. The Labute approximate surface area is 159 Å². The second-order valence-corrected chi connectivity index (χ2v) is 8.30. The lowest BCUT2D eigenvalue weighted by atomic mass is 9.79. The van der Waals surface area contributed by atoms with Crippen molar-refractivity contribution >= 4 is 24.2 Å². The maximum absolute atomic E-state index is 14.8. The molecule has 0 aromatic heterocycles. The quantitative estimate of drug-likeness (QED) is 0.593. The first-order chi connectivity index (χ1) is 12.5. The minimum Gasteiger partial charge on any atom is -0.469 e. The lowest BCUT2D eigenvalue weighted by molar-refractivity contribution is -0.141. The molecule has 0 aliphatic carbocycles. The minimum absolute atomic E-state index is 0.0269. The number of nitrogens with zero attached hydrogens (tertiary/aromatic N) is 1. The van der Waals surface area contributed by atoms with E-state index in [9.17, 15) is 13.6 Å². The zero-order valence-electron chi connectivity index (χ0n) is 16.5. The number of carbonyl (C=O) groups is 1. The molecule has 2 aliphatic heterocycles. The van der Waals surface area contributed by atoms with Gasteiger partial charge >= 0.3 is 13.1 Å². The predicted octanol–water partition coefficient (Wildman–Crippen LogP) is 2.65. The Balaban J connectivity index is 1.78. The molecule has 1 atom stereocenters. The molecule has 5 nitrogen and oxygen atoms in total. The molecule has 0 spiro atoms. The summed E-state index contributed by atoms with van der Waals surface area (Å²) in [5.74, 6) is -1.59. The summed E-state index contributed by atoms with van der Waals surface area (Å²) in [5.41, 5.74) is -0.918. The largest absolute Gasteiger partial charge is 0.495 e. The number of benzene rings is 1. The average molecular weight is 381 g/mol. The van der Waals surface area contributed by atoms with Crippen molar-refractivity contribution in [1.82, 2.24) is 0 Å². The van der Waals surface area contributed by atoms with Crippen molar-refractivity contribution in [3.8, 4) is 0 Å². The van der Waals surface area contributed by atoms with E-state index in [-0.39, 0.29) is 24.0 Å². The van der Waals surface area contributed by atoms with E-state index in [0.29, 0.717) is 25.0 Å². The van der Waals surface area contributed by atoms with Gasteiger partial charge in [0.15, 0.2) is 0 Å². The van der Waals surface area contributed by atoms with Crippen LogP contribution in [0.5, 0.6) is 0 Å². The fourth-order valence-corrected chi connectivity index (χ4v) is 3.52. The van der Waals surface area contributed by atoms with Crippen LogP contribution in [0.2, 0.25) is 0 Å². The number of anilines is 1. The summed E-state index contributed by atoms with van der Waals surface area (Å²) < 4.78 is 46.0. The summed E-state index contributed by atoms with van der Waals surface area (Å²) in [5, 5.41) is 0. The predicted molar refractivity (Wildman–Crippen MR) is 99.0 cm³/mol. The maximum atomic E-state index is 14.8. The van der Waals surface area contributed by atoms with Crippen molar-refractivity contribution in [1.29, 1.82) is 0 Å². The number of hydrogen-bond acceptors (Lipinski definition) is 5. The van der Waals surface area contributed by atoms with Crippen LogP contribution >= 0.6 is 0 Å². The van der Waals surface area contributed by atoms with Gasteiger partial charge in [0.2, 0.25) is 0 Å². The van der Waals surface area contributed by atoms with Crippen molar-refractivity contribution in [3.05, 3.63) is 23.8 Å². The summed E-state index contributed by atoms with van der Waals surface area (Å²) in [6, 6.07) is 2.54. The van der Waals surface area contributed by atoms with E-state index >= 15 is 0 Å². The molecule has 0 amide bonds. The van der Waals surface area contributed by atoms with Crippen molar-refractivity contribution in [2.45, 2.75) is 51.7 Å². The fraction of sp³-hybridized carbons (Fsp3) is 0.632. The first-order valence-electron chi connectivity index (χ1n) is 9.20. The molecule has 2 fully saturated rings. The van der Waals surface area contributed by atoms with Gasteiger partial charge in [-0.05, 0) is 57.6 Å². The first kappa shape index (κ1) is 20.1. The molecular formula is C19H26BF2NO4. The number of hydrogen-bond donors (Lipinski definition) is 0. The zero-order chi connectivity index (χ0) is 20.0. The lowest BCUT2D eigenvalue weighted by Crippen LogP contribution is -2.41. The van der Waals surface area contributed by atoms with E-state index in [1.165, 1.54) is 19.2 Å². The zero-order valence-corrected chi connectivity index (χ0v) is 16.5. The number of carbonyl (C=O) groups excluding carboxylic acids is 1. The SMILES string of the molecule is COC(=O)CC1CCN(c2c(F)cc(B3OC(C)(C)C(C)(C)O3)cc2F)C1. The molecule has 148 valence electrons. The van der Waals surface area contributed by atoms with Gasteiger partial charge in [-0.3, -0.25) is 4.79 Å². The minimum atomic E-state index is -0.821. The van der Waals surface area contributed by atoms with Crippen LogP contribution in [-0.2, 0) is 18.8 Å². The summed E-state index contributed by atoms with van der Waals surface area (Å²) in [4.78, 5) is 13.1. The average Bonchev–Trinajstić information content (AvgIpc) is 3.08. The molecule has 2 saturated heterocycles. The van der Waals surface area contributed by atoms with Gasteiger partial charge in [-0.15, -0.1) is 0 Å². The molecule has 2 heterocycles. The lowest BCUT2D eigenvalue weighted by Gasteiger charge is -2.32. The third-order valence-corrected chi connectivity index (χ3v) is 5.85. The van der Waals surface area contributed by atoms with Crippen LogP contribution in [-0.4, -0.2) is 44.5 Å². The molecule has 0 N–H and O–H groups in total. The highest BCUT2D eigenvalue weighted by Gasteiger charge is 2.52. The Kier molecular flexibility index (Phi) is 5.25. The highest BCUT2D eigenvalue weighted by molar-refractivity contribution is 6.62. The third-order valence-electron chi connectivity index (χ3n) is 5.85. The van der Waals surface area contributed by atoms with Crippen molar-refractivity contribution in [2.75, 3.05) is 25.1 Å². The molecule has 0 radical (unpaired) electrons. The van der Waals surface area contributed by atoms with Gasteiger partial charge in [0, 0.05) is 13.1 Å². The Hall–Kier alpha value is -1.67. The molecule has 1 aromatic carbocycles. The van der Waals surface area contributed by atoms with Crippen molar-refractivity contribution in [2.24, 2.45) is 5.92 Å². The second kappa shape index (κ2) is 7.06. The molecule has 27 heavy (non-hydrogen) atoms. The molecule has 1 unspecified atom stereocenters. The van der Waals surface area contributed by atoms with Crippen molar-refractivity contribution < 1.29 is 27.6 Å². The molecule has 2 aliphatic rings. The number of methoxy groups -OCH3 is 1. The molecule has 1 aromatic rings. The van der Waals surface area contributed by atoms with Gasteiger partial charge in [0.1, 0.15) is 17.3 Å². The molecule has 0 saturated carbocycles.